The Morgan fingerprint density at radius 3 is 2.59 bits per heavy atom. The zero-order valence-corrected chi connectivity index (χ0v) is 18.9. The molecular weight excluding hydrogens is 452 g/mol. The molecule has 2 amide bonds. The van der Waals surface area contributed by atoms with Gasteiger partial charge in [-0.05, 0) is 49.1 Å². The van der Waals surface area contributed by atoms with E-state index in [-0.39, 0.29) is 24.3 Å². The monoisotopic (exact) mass is 476 g/mol. The van der Waals surface area contributed by atoms with Crippen molar-refractivity contribution >= 4 is 39.3 Å². The van der Waals surface area contributed by atoms with Gasteiger partial charge in [-0.1, -0.05) is 70.7 Å². The average Bonchev–Trinajstić information content (AvgIpc) is 3.20. The molecule has 2 aromatic rings. The minimum absolute atomic E-state index is 0.0978. The van der Waals surface area contributed by atoms with Crippen LogP contribution in [0, 0.1) is 0 Å². The largest absolute Gasteiger partial charge is 0.352 e. The molecule has 0 aromatic heterocycles. The van der Waals surface area contributed by atoms with Crippen LogP contribution in [0.25, 0.3) is 0 Å². The molecule has 1 N–H and O–H groups in total. The highest BCUT2D eigenvalue weighted by Crippen LogP contribution is 2.21. The molecule has 3 rings (SSSR count). The van der Waals surface area contributed by atoms with Gasteiger partial charge in [-0.2, -0.15) is 0 Å². The molecule has 0 radical (unpaired) electrons. The van der Waals surface area contributed by atoms with Crippen molar-refractivity contribution in [3.8, 4) is 0 Å². The molecule has 0 saturated heterocycles. The van der Waals surface area contributed by atoms with Crippen LogP contribution in [0.5, 0.6) is 0 Å². The van der Waals surface area contributed by atoms with Gasteiger partial charge < -0.3 is 10.2 Å². The molecule has 0 unspecified atom stereocenters. The second kappa shape index (κ2) is 10.3. The standard InChI is InChI=1S/C23H26BrClN2O2/c1-16(23(29)26-20-10-3-4-11-20)27(15-17-7-6-9-19(24)13-17)22(28)14-18-8-2-5-12-21(18)25/h2,5-9,12-13,16,20H,3-4,10-11,14-15H2,1H3,(H,26,29)/t16-/m1/s1. The van der Waals surface area contributed by atoms with Crippen molar-refractivity contribution in [2.24, 2.45) is 0 Å². The van der Waals surface area contributed by atoms with E-state index in [2.05, 4.69) is 21.2 Å². The van der Waals surface area contributed by atoms with Crippen molar-refractivity contribution in [1.29, 1.82) is 0 Å². The van der Waals surface area contributed by atoms with Gasteiger partial charge in [-0.15, -0.1) is 0 Å². The van der Waals surface area contributed by atoms with E-state index in [0.717, 1.165) is 41.3 Å². The molecule has 1 atom stereocenters. The summed E-state index contributed by atoms with van der Waals surface area (Å²) < 4.78 is 0.941. The number of benzene rings is 2. The predicted octanol–water partition coefficient (Wildman–Crippen LogP) is 5.12. The first kappa shape index (κ1) is 21.8. The highest BCUT2D eigenvalue weighted by Gasteiger charge is 2.28. The molecule has 0 bridgehead atoms. The average molecular weight is 478 g/mol. The summed E-state index contributed by atoms with van der Waals surface area (Å²) in [6, 6.07) is 14.8. The lowest BCUT2D eigenvalue weighted by molar-refractivity contribution is -0.140. The summed E-state index contributed by atoms with van der Waals surface area (Å²) in [6.07, 6.45) is 4.48. The molecule has 29 heavy (non-hydrogen) atoms. The van der Waals surface area contributed by atoms with E-state index < -0.39 is 6.04 Å². The van der Waals surface area contributed by atoms with Crippen molar-refractivity contribution in [3.63, 3.8) is 0 Å². The third-order valence-electron chi connectivity index (χ3n) is 5.41. The maximum atomic E-state index is 13.2. The topological polar surface area (TPSA) is 49.4 Å². The van der Waals surface area contributed by atoms with Crippen LogP contribution in [0.4, 0.5) is 0 Å². The first-order chi connectivity index (χ1) is 13.9. The molecule has 1 saturated carbocycles. The zero-order valence-electron chi connectivity index (χ0n) is 16.5. The van der Waals surface area contributed by atoms with E-state index in [4.69, 9.17) is 11.6 Å². The molecule has 1 aliphatic rings. The Morgan fingerprint density at radius 1 is 1.17 bits per heavy atom. The number of hydrogen-bond donors (Lipinski definition) is 1. The van der Waals surface area contributed by atoms with Crippen LogP contribution in [0.3, 0.4) is 0 Å². The molecule has 0 spiro atoms. The van der Waals surface area contributed by atoms with Gasteiger partial charge in [0.25, 0.3) is 0 Å². The van der Waals surface area contributed by atoms with Crippen molar-refractivity contribution < 1.29 is 9.59 Å². The SMILES string of the molecule is C[C@H](C(=O)NC1CCCC1)N(Cc1cccc(Br)c1)C(=O)Cc1ccccc1Cl. The lowest BCUT2D eigenvalue weighted by Crippen LogP contribution is -2.50. The Kier molecular flexibility index (Phi) is 7.73. The summed E-state index contributed by atoms with van der Waals surface area (Å²) >= 11 is 9.73. The van der Waals surface area contributed by atoms with E-state index in [9.17, 15) is 9.59 Å². The fourth-order valence-corrected chi connectivity index (χ4v) is 4.36. The maximum absolute atomic E-state index is 13.2. The van der Waals surface area contributed by atoms with Gasteiger partial charge in [-0.25, -0.2) is 0 Å². The summed E-state index contributed by atoms with van der Waals surface area (Å²) in [4.78, 5) is 27.7. The van der Waals surface area contributed by atoms with Crippen LogP contribution in [-0.2, 0) is 22.6 Å². The molecule has 0 aliphatic heterocycles. The minimum Gasteiger partial charge on any atom is -0.352 e. The molecule has 6 heteroatoms. The highest BCUT2D eigenvalue weighted by molar-refractivity contribution is 9.10. The minimum atomic E-state index is -0.565. The molecule has 0 heterocycles. The van der Waals surface area contributed by atoms with Gasteiger partial charge in [0, 0.05) is 22.1 Å². The summed E-state index contributed by atoms with van der Waals surface area (Å²) in [6.45, 7) is 2.16. The van der Waals surface area contributed by atoms with Gasteiger partial charge in [0.1, 0.15) is 6.04 Å². The van der Waals surface area contributed by atoms with E-state index in [1.165, 1.54) is 0 Å². The van der Waals surface area contributed by atoms with Gasteiger partial charge in [0.15, 0.2) is 0 Å². The quantitative estimate of drug-likeness (QED) is 0.601. The summed E-state index contributed by atoms with van der Waals surface area (Å²) in [5, 5.41) is 3.68. The fourth-order valence-electron chi connectivity index (χ4n) is 3.71. The van der Waals surface area contributed by atoms with E-state index in [1.54, 1.807) is 17.9 Å². The van der Waals surface area contributed by atoms with Crippen LogP contribution in [0.2, 0.25) is 5.02 Å². The van der Waals surface area contributed by atoms with Crippen LogP contribution in [-0.4, -0.2) is 28.8 Å². The normalized spacial score (nSPS) is 15.1. The summed E-state index contributed by atoms with van der Waals surface area (Å²) in [5.41, 5.74) is 1.73. The first-order valence-electron chi connectivity index (χ1n) is 10.0. The van der Waals surface area contributed by atoms with Crippen molar-refractivity contribution in [2.45, 2.75) is 57.7 Å². The third kappa shape index (κ3) is 6.06. The first-order valence-corrected chi connectivity index (χ1v) is 11.2. The molecule has 2 aromatic carbocycles. The number of carbonyl (C=O) groups excluding carboxylic acids is 2. The molecular formula is C23H26BrClN2O2. The zero-order chi connectivity index (χ0) is 20.8. The molecule has 4 nitrogen and oxygen atoms in total. The lowest BCUT2D eigenvalue weighted by atomic mass is 10.1. The summed E-state index contributed by atoms with van der Waals surface area (Å²) in [5.74, 6) is -0.216. The number of carbonyl (C=O) groups is 2. The number of nitrogens with one attached hydrogen (secondary N) is 1. The Hall–Kier alpha value is -1.85. The second-order valence-electron chi connectivity index (χ2n) is 7.59. The van der Waals surface area contributed by atoms with Gasteiger partial charge in [0.2, 0.25) is 11.8 Å². The van der Waals surface area contributed by atoms with Crippen molar-refractivity contribution in [1.82, 2.24) is 10.2 Å². The predicted molar refractivity (Wildman–Crippen MR) is 120 cm³/mol. The molecule has 1 fully saturated rings. The van der Waals surface area contributed by atoms with E-state index >= 15 is 0 Å². The number of nitrogens with zero attached hydrogens (tertiary/aromatic N) is 1. The Labute approximate surface area is 185 Å². The van der Waals surface area contributed by atoms with Crippen molar-refractivity contribution in [3.05, 3.63) is 69.2 Å². The smallest absolute Gasteiger partial charge is 0.242 e. The number of amides is 2. The second-order valence-corrected chi connectivity index (χ2v) is 8.91. The van der Waals surface area contributed by atoms with Gasteiger partial charge in [0.05, 0.1) is 6.42 Å². The lowest BCUT2D eigenvalue weighted by Gasteiger charge is -2.30. The Morgan fingerprint density at radius 2 is 1.90 bits per heavy atom. The summed E-state index contributed by atoms with van der Waals surface area (Å²) in [7, 11) is 0. The van der Waals surface area contributed by atoms with Crippen LogP contribution >= 0.6 is 27.5 Å². The third-order valence-corrected chi connectivity index (χ3v) is 6.27. The van der Waals surface area contributed by atoms with Crippen LogP contribution < -0.4 is 5.32 Å². The Bertz CT molecular complexity index is 867. The van der Waals surface area contributed by atoms with Crippen LogP contribution in [0.1, 0.15) is 43.7 Å². The fraction of sp³-hybridized carbons (Fsp3) is 0.391. The number of halogens is 2. The number of hydrogen-bond acceptors (Lipinski definition) is 2. The molecule has 154 valence electrons. The van der Waals surface area contributed by atoms with E-state index in [1.807, 2.05) is 42.5 Å². The van der Waals surface area contributed by atoms with Crippen LogP contribution in [0.15, 0.2) is 53.0 Å². The molecule has 1 aliphatic carbocycles. The van der Waals surface area contributed by atoms with Crippen molar-refractivity contribution in [2.75, 3.05) is 0 Å². The van der Waals surface area contributed by atoms with E-state index in [0.29, 0.717) is 11.6 Å². The number of rotatable bonds is 7. The Balaban J connectivity index is 1.78. The highest BCUT2D eigenvalue weighted by atomic mass is 79.9. The van der Waals surface area contributed by atoms with Gasteiger partial charge in [-0.3, -0.25) is 9.59 Å². The maximum Gasteiger partial charge on any atom is 0.242 e. The van der Waals surface area contributed by atoms with Gasteiger partial charge >= 0.3 is 0 Å².